The molecule has 0 saturated heterocycles. The van der Waals surface area contributed by atoms with E-state index in [9.17, 15) is 4.79 Å². The Balaban J connectivity index is 1.70. The molecule has 5 nitrogen and oxygen atoms in total. The van der Waals surface area contributed by atoms with Crippen LogP contribution in [0.4, 0.5) is 10.5 Å². The van der Waals surface area contributed by atoms with Crippen LogP contribution in [0, 0.1) is 5.92 Å². The van der Waals surface area contributed by atoms with Gasteiger partial charge in [0.25, 0.3) is 0 Å². The molecule has 1 aromatic carbocycles. The molecular weight excluding hydrogens is 268 g/mol. The molecule has 0 atom stereocenters. The summed E-state index contributed by atoms with van der Waals surface area (Å²) in [7, 11) is 1.65. The highest BCUT2D eigenvalue weighted by Gasteiger charge is 2.20. The Hall–Kier alpha value is -1.59. The molecule has 0 aromatic heterocycles. The molecule has 0 radical (unpaired) electrons. The second-order valence-electron chi connectivity index (χ2n) is 5.39. The van der Waals surface area contributed by atoms with Crippen molar-refractivity contribution in [1.82, 2.24) is 5.32 Å². The highest BCUT2D eigenvalue weighted by atomic mass is 16.5. The van der Waals surface area contributed by atoms with Crippen molar-refractivity contribution in [1.29, 1.82) is 0 Å². The molecule has 0 unspecified atom stereocenters. The van der Waals surface area contributed by atoms with Crippen molar-refractivity contribution in [2.45, 2.75) is 25.9 Å². The predicted octanol–water partition coefficient (Wildman–Crippen LogP) is 2.77. The average Bonchev–Trinajstić information content (AvgIpc) is 3.28. The number of urea groups is 1. The van der Waals surface area contributed by atoms with Crippen LogP contribution in [0.15, 0.2) is 24.3 Å². The number of carbonyl (C=O) groups is 1. The van der Waals surface area contributed by atoms with Gasteiger partial charge in [-0.25, -0.2) is 4.79 Å². The predicted molar refractivity (Wildman–Crippen MR) is 82.3 cm³/mol. The van der Waals surface area contributed by atoms with Gasteiger partial charge >= 0.3 is 6.03 Å². The van der Waals surface area contributed by atoms with E-state index < -0.39 is 0 Å². The zero-order valence-electron chi connectivity index (χ0n) is 12.6. The van der Waals surface area contributed by atoms with Crippen LogP contribution >= 0.6 is 0 Å². The molecule has 0 bridgehead atoms. The van der Waals surface area contributed by atoms with Crippen molar-refractivity contribution >= 4 is 11.7 Å². The van der Waals surface area contributed by atoms with Crippen molar-refractivity contribution in [3.63, 3.8) is 0 Å². The summed E-state index contributed by atoms with van der Waals surface area (Å²) in [5.74, 6) is 0.768. The van der Waals surface area contributed by atoms with Crippen LogP contribution in [0.5, 0.6) is 0 Å². The molecule has 2 amide bonds. The van der Waals surface area contributed by atoms with Crippen LogP contribution in [0.2, 0.25) is 0 Å². The first kappa shape index (κ1) is 15.8. The Labute approximate surface area is 126 Å². The number of methoxy groups -OCH3 is 1. The molecule has 1 aromatic rings. The molecule has 1 aliphatic rings. The first-order chi connectivity index (χ1) is 10.3. The Bertz CT molecular complexity index is 447. The van der Waals surface area contributed by atoms with E-state index in [1.54, 1.807) is 7.11 Å². The minimum atomic E-state index is -0.192. The number of amides is 2. The first-order valence-electron chi connectivity index (χ1n) is 7.48. The summed E-state index contributed by atoms with van der Waals surface area (Å²) in [6, 6.07) is 7.56. The number of nitrogens with one attached hydrogen (secondary N) is 2. The summed E-state index contributed by atoms with van der Waals surface area (Å²) in [6.07, 6.45) is 3.40. The fourth-order valence-electron chi connectivity index (χ4n) is 1.96. The van der Waals surface area contributed by atoms with E-state index in [0.29, 0.717) is 19.8 Å². The molecule has 1 aliphatic carbocycles. The molecule has 1 saturated carbocycles. The maximum atomic E-state index is 11.7. The largest absolute Gasteiger partial charge is 0.385 e. The van der Waals surface area contributed by atoms with Gasteiger partial charge in [0.15, 0.2) is 0 Å². The summed E-state index contributed by atoms with van der Waals surface area (Å²) in [4.78, 5) is 11.7. The molecule has 0 aliphatic heterocycles. The van der Waals surface area contributed by atoms with Gasteiger partial charge in [0, 0.05) is 32.6 Å². The van der Waals surface area contributed by atoms with E-state index in [-0.39, 0.29) is 6.03 Å². The number of anilines is 1. The third kappa shape index (κ3) is 6.60. The van der Waals surface area contributed by atoms with Crippen molar-refractivity contribution in [2.75, 3.05) is 32.2 Å². The van der Waals surface area contributed by atoms with E-state index in [2.05, 4.69) is 10.6 Å². The van der Waals surface area contributed by atoms with Gasteiger partial charge in [0.2, 0.25) is 0 Å². The Kier molecular flexibility index (Phi) is 6.50. The molecule has 116 valence electrons. The minimum Gasteiger partial charge on any atom is -0.385 e. The quantitative estimate of drug-likeness (QED) is 0.688. The molecule has 2 N–H and O–H groups in total. The highest BCUT2D eigenvalue weighted by molar-refractivity contribution is 5.89. The minimum absolute atomic E-state index is 0.192. The standard InChI is InChI=1S/C16H24N2O3/c1-20-9-3-8-17-16(19)18-15-5-2-4-14(10-15)12-21-11-13-6-7-13/h2,4-5,10,13H,3,6-9,11-12H2,1H3,(H2,17,18,19). The normalized spacial score (nSPS) is 14.0. The molecule has 2 rings (SSSR count). The van der Waals surface area contributed by atoms with Crippen molar-refractivity contribution in [2.24, 2.45) is 5.92 Å². The number of hydrogen-bond acceptors (Lipinski definition) is 3. The van der Waals surface area contributed by atoms with E-state index in [1.807, 2.05) is 24.3 Å². The van der Waals surface area contributed by atoms with Crippen LogP contribution in [0.3, 0.4) is 0 Å². The van der Waals surface area contributed by atoms with E-state index in [4.69, 9.17) is 9.47 Å². The van der Waals surface area contributed by atoms with Gasteiger partial charge in [-0.15, -0.1) is 0 Å². The van der Waals surface area contributed by atoms with E-state index >= 15 is 0 Å². The Morgan fingerprint density at radius 2 is 2.24 bits per heavy atom. The number of benzene rings is 1. The topological polar surface area (TPSA) is 59.6 Å². The number of ether oxygens (including phenoxy) is 2. The van der Waals surface area contributed by atoms with E-state index in [1.165, 1.54) is 12.8 Å². The maximum Gasteiger partial charge on any atom is 0.319 e. The van der Waals surface area contributed by atoms with Gasteiger partial charge in [0.05, 0.1) is 6.61 Å². The monoisotopic (exact) mass is 292 g/mol. The molecule has 21 heavy (non-hydrogen) atoms. The fourth-order valence-corrected chi connectivity index (χ4v) is 1.96. The summed E-state index contributed by atoms with van der Waals surface area (Å²) in [6.45, 7) is 2.69. The van der Waals surface area contributed by atoms with Gasteiger partial charge in [-0.1, -0.05) is 12.1 Å². The number of rotatable bonds is 9. The lowest BCUT2D eigenvalue weighted by atomic mass is 10.2. The highest BCUT2D eigenvalue weighted by Crippen LogP contribution is 2.29. The van der Waals surface area contributed by atoms with Gasteiger partial charge in [-0.05, 0) is 42.9 Å². The van der Waals surface area contributed by atoms with Crippen LogP contribution in [-0.2, 0) is 16.1 Å². The molecular formula is C16H24N2O3. The number of carbonyl (C=O) groups excluding carboxylic acids is 1. The third-order valence-electron chi connectivity index (χ3n) is 3.31. The maximum absolute atomic E-state index is 11.7. The van der Waals surface area contributed by atoms with Gasteiger partial charge < -0.3 is 20.1 Å². The summed E-state index contributed by atoms with van der Waals surface area (Å²) in [5.41, 5.74) is 1.86. The third-order valence-corrected chi connectivity index (χ3v) is 3.31. The average molecular weight is 292 g/mol. The fraction of sp³-hybridized carbons (Fsp3) is 0.562. The second kappa shape index (κ2) is 8.64. The second-order valence-corrected chi connectivity index (χ2v) is 5.39. The summed E-state index contributed by atoms with van der Waals surface area (Å²) >= 11 is 0. The van der Waals surface area contributed by atoms with Crippen LogP contribution in [0.1, 0.15) is 24.8 Å². The SMILES string of the molecule is COCCCNC(=O)Nc1cccc(COCC2CC2)c1. The zero-order valence-corrected chi connectivity index (χ0v) is 12.6. The van der Waals surface area contributed by atoms with E-state index in [0.717, 1.165) is 30.2 Å². The van der Waals surface area contributed by atoms with Crippen molar-refractivity contribution < 1.29 is 14.3 Å². The summed E-state index contributed by atoms with van der Waals surface area (Å²) in [5, 5.41) is 5.61. The van der Waals surface area contributed by atoms with Gasteiger partial charge in [0.1, 0.15) is 0 Å². The lowest BCUT2D eigenvalue weighted by molar-refractivity contribution is 0.111. The van der Waals surface area contributed by atoms with Crippen molar-refractivity contribution in [3.8, 4) is 0 Å². The van der Waals surface area contributed by atoms with Crippen LogP contribution in [0.25, 0.3) is 0 Å². The Morgan fingerprint density at radius 3 is 3.00 bits per heavy atom. The molecule has 0 spiro atoms. The molecule has 5 heteroatoms. The lowest BCUT2D eigenvalue weighted by Crippen LogP contribution is -2.30. The van der Waals surface area contributed by atoms with Crippen LogP contribution < -0.4 is 10.6 Å². The molecule has 1 fully saturated rings. The van der Waals surface area contributed by atoms with Gasteiger partial charge in [-0.3, -0.25) is 0 Å². The smallest absolute Gasteiger partial charge is 0.319 e. The summed E-state index contributed by atoms with van der Waals surface area (Å²) < 4.78 is 10.6. The van der Waals surface area contributed by atoms with Crippen LogP contribution in [-0.4, -0.2) is 32.9 Å². The lowest BCUT2D eigenvalue weighted by Gasteiger charge is -2.09. The van der Waals surface area contributed by atoms with Gasteiger partial charge in [-0.2, -0.15) is 0 Å². The number of hydrogen-bond donors (Lipinski definition) is 2. The zero-order chi connectivity index (χ0) is 14.9. The Morgan fingerprint density at radius 1 is 1.38 bits per heavy atom. The van der Waals surface area contributed by atoms with Crippen molar-refractivity contribution in [3.05, 3.63) is 29.8 Å². The first-order valence-corrected chi connectivity index (χ1v) is 7.48. The molecule has 0 heterocycles.